The first-order valence-electron chi connectivity index (χ1n) is 10.6. The van der Waals surface area contributed by atoms with Crippen molar-refractivity contribution in [1.82, 2.24) is 5.32 Å². The zero-order valence-corrected chi connectivity index (χ0v) is 17.5. The number of anilines is 1. The molecule has 0 saturated carbocycles. The summed E-state index contributed by atoms with van der Waals surface area (Å²) in [5, 5.41) is 5.98. The Balaban J connectivity index is 1.44. The van der Waals surface area contributed by atoms with Crippen LogP contribution in [-0.2, 0) is 11.2 Å². The normalized spacial score (nSPS) is 16.0. The van der Waals surface area contributed by atoms with E-state index in [1.165, 1.54) is 11.1 Å². The van der Waals surface area contributed by atoms with Gasteiger partial charge < -0.3 is 15.4 Å². The van der Waals surface area contributed by atoms with E-state index < -0.39 is 6.10 Å². The molecule has 158 valence electrons. The van der Waals surface area contributed by atoms with Gasteiger partial charge in [-0.2, -0.15) is 0 Å². The van der Waals surface area contributed by atoms with Crippen LogP contribution in [0.4, 0.5) is 5.69 Å². The van der Waals surface area contributed by atoms with E-state index in [0.29, 0.717) is 17.0 Å². The van der Waals surface area contributed by atoms with Crippen LogP contribution in [0.3, 0.4) is 0 Å². The second kappa shape index (κ2) is 9.47. The Bertz CT molecular complexity index is 1070. The molecule has 0 radical (unpaired) electrons. The van der Waals surface area contributed by atoms with Gasteiger partial charge in [0.25, 0.3) is 11.8 Å². The highest BCUT2D eigenvalue weighted by Gasteiger charge is 2.25. The molecule has 31 heavy (non-hydrogen) atoms. The number of carbonyl (C=O) groups excluding carboxylic acids is 2. The summed E-state index contributed by atoms with van der Waals surface area (Å²) in [6, 6.07) is 24.4. The fourth-order valence-electron chi connectivity index (χ4n) is 3.91. The fourth-order valence-corrected chi connectivity index (χ4v) is 3.91. The van der Waals surface area contributed by atoms with Crippen molar-refractivity contribution in [3.05, 3.63) is 95.6 Å². The van der Waals surface area contributed by atoms with Crippen LogP contribution in [0.1, 0.15) is 47.3 Å². The summed E-state index contributed by atoms with van der Waals surface area (Å²) in [6.07, 6.45) is 2.25. The van der Waals surface area contributed by atoms with Crippen molar-refractivity contribution in [3.63, 3.8) is 0 Å². The first kappa shape index (κ1) is 20.7. The molecule has 0 aliphatic heterocycles. The van der Waals surface area contributed by atoms with Gasteiger partial charge in [-0.1, -0.05) is 54.6 Å². The molecule has 2 atom stereocenters. The number of para-hydroxylation sites is 2. The Morgan fingerprint density at radius 2 is 1.65 bits per heavy atom. The minimum absolute atomic E-state index is 0.0138. The second-order valence-electron chi connectivity index (χ2n) is 7.73. The monoisotopic (exact) mass is 414 g/mol. The number of nitrogens with one attached hydrogen (secondary N) is 2. The Kier molecular flexibility index (Phi) is 6.32. The number of rotatable bonds is 6. The first-order chi connectivity index (χ1) is 15.1. The van der Waals surface area contributed by atoms with Crippen LogP contribution < -0.4 is 15.4 Å². The average molecular weight is 415 g/mol. The minimum Gasteiger partial charge on any atom is -0.480 e. The van der Waals surface area contributed by atoms with Crippen molar-refractivity contribution >= 4 is 17.5 Å². The lowest BCUT2D eigenvalue weighted by Gasteiger charge is -2.27. The number of hydrogen-bond donors (Lipinski definition) is 2. The number of benzene rings is 3. The molecule has 1 aliphatic rings. The van der Waals surface area contributed by atoms with Crippen molar-refractivity contribution in [2.24, 2.45) is 0 Å². The molecule has 5 nitrogen and oxygen atoms in total. The summed E-state index contributed by atoms with van der Waals surface area (Å²) in [5.41, 5.74) is 3.55. The molecule has 0 unspecified atom stereocenters. The van der Waals surface area contributed by atoms with E-state index in [2.05, 4.69) is 22.8 Å². The molecule has 0 fully saturated rings. The summed E-state index contributed by atoms with van der Waals surface area (Å²) in [4.78, 5) is 25.6. The lowest BCUT2D eigenvalue weighted by molar-refractivity contribution is -0.128. The molecule has 5 heteroatoms. The lowest BCUT2D eigenvalue weighted by Crippen LogP contribution is -2.39. The van der Waals surface area contributed by atoms with Gasteiger partial charge in [0.2, 0.25) is 0 Å². The highest BCUT2D eigenvalue weighted by atomic mass is 16.5. The van der Waals surface area contributed by atoms with Crippen LogP contribution in [0, 0.1) is 0 Å². The smallest absolute Gasteiger partial charge is 0.261 e. The number of fused-ring (bicyclic) bond motifs is 1. The molecule has 0 aromatic heterocycles. The molecule has 0 spiro atoms. The van der Waals surface area contributed by atoms with E-state index >= 15 is 0 Å². The molecular formula is C26H26N2O3. The summed E-state index contributed by atoms with van der Waals surface area (Å²) in [6.45, 7) is 1.70. The molecule has 2 N–H and O–H groups in total. The molecule has 1 aliphatic carbocycles. The average Bonchev–Trinajstić information content (AvgIpc) is 2.80. The van der Waals surface area contributed by atoms with Crippen LogP contribution >= 0.6 is 0 Å². The summed E-state index contributed by atoms with van der Waals surface area (Å²) in [5.74, 6) is -0.0989. The third-order valence-electron chi connectivity index (χ3n) is 5.52. The summed E-state index contributed by atoms with van der Waals surface area (Å²) >= 11 is 0. The lowest BCUT2D eigenvalue weighted by atomic mass is 9.87. The van der Waals surface area contributed by atoms with Crippen LogP contribution in [0.15, 0.2) is 78.9 Å². The van der Waals surface area contributed by atoms with Gasteiger partial charge in [-0.15, -0.1) is 0 Å². The van der Waals surface area contributed by atoms with Crippen molar-refractivity contribution in [3.8, 4) is 5.75 Å². The maximum absolute atomic E-state index is 12.9. The van der Waals surface area contributed by atoms with Gasteiger partial charge >= 0.3 is 0 Å². The first-order valence-corrected chi connectivity index (χ1v) is 10.6. The predicted octanol–water partition coefficient (Wildman–Crippen LogP) is 4.90. The number of hydrogen-bond acceptors (Lipinski definition) is 3. The number of aryl methyl sites for hydroxylation is 1. The van der Waals surface area contributed by atoms with E-state index in [1.807, 2.05) is 42.5 Å². The van der Waals surface area contributed by atoms with Crippen LogP contribution in [0.25, 0.3) is 0 Å². The Hall–Kier alpha value is -3.60. The van der Waals surface area contributed by atoms with E-state index in [-0.39, 0.29) is 17.9 Å². The van der Waals surface area contributed by atoms with Gasteiger partial charge in [0.1, 0.15) is 5.75 Å². The number of ether oxygens (including phenoxy) is 1. The zero-order valence-electron chi connectivity index (χ0n) is 17.5. The van der Waals surface area contributed by atoms with Crippen LogP contribution in [-0.4, -0.2) is 17.9 Å². The molecule has 3 aromatic rings. The SMILES string of the molecule is C[C@H](Oc1ccccc1C(=O)Nc1ccccc1)C(=O)N[C@H]1CCCc2ccccc21. The highest BCUT2D eigenvalue weighted by Crippen LogP contribution is 2.29. The number of carbonyl (C=O) groups is 2. The Morgan fingerprint density at radius 3 is 2.48 bits per heavy atom. The third kappa shape index (κ3) is 4.94. The third-order valence-corrected chi connectivity index (χ3v) is 5.52. The van der Waals surface area contributed by atoms with Crippen LogP contribution in [0.5, 0.6) is 5.75 Å². The quantitative estimate of drug-likeness (QED) is 0.603. The Labute approximate surface area is 182 Å². The Morgan fingerprint density at radius 1 is 0.935 bits per heavy atom. The standard InChI is InChI=1S/C26H26N2O3/c1-18(25(29)28-23-16-9-11-19-10-5-6-14-21(19)23)31-24-17-8-7-15-22(24)26(30)27-20-12-3-2-4-13-20/h2-8,10,12-15,17-18,23H,9,11,16H2,1H3,(H,27,30)(H,28,29)/t18-,23-/m0/s1. The van der Waals surface area contributed by atoms with Gasteiger partial charge in [0.05, 0.1) is 11.6 Å². The van der Waals surface area contributed by atoms with E-state index in [9.17, 15) is 9.59 Å². The van der Waals surface area contributed by atoms with Gasteiger partial charge in [-0.05, 0) is 61.6 Å². The summed E-state index contributed by atoms with van der Waals surface area (Å²) in [7, 11) is 0. The molecular weight excluding hydrogens is 388 g/mol. The molecule has 2 amide bonds. The molecule has 0 bridgehead atoms. The number of amides is 2. The zero-order chi connectivity index (χ0) is 21.6. The maximum Gasteiger partial charge on any atom is 0.261 e. The van der Waals surface area contributed by atoms with Crippen molar-refractivity contribution in [2.75, 3.05) is 5.32 Å². The second-order valence-corrected chi connectivity index (χ2v) is 7.73. The van der Waals surface area contributed by atoms with Crippen molar-refractivity contribution in [1.29, 1.82) is 0 Å². The van der Waals surface area contributed by atoms with Gasteiger partial charge in [0.15, 0.2) is 6.10 Å². The maximum atomic E-state index is 12.9. The van der Waals surface area contributed by atoms with Gasteiger partial charge in [-0.25, -0.2) is 0 Å². The highest BCUT2D eigenvalue weighted by molar-refractivity contribution is 6.06. The van der Waals surface area contributed by atoms with Crippen LogP contribution in [0.2, 0.25) is 0 Å². The molecule has 3 aromatic carbocycles. The van der Waals surface area contributed by atoms with E-state index in [1.54, 1.807) is 31.2 Å². The predicted molar refractivity (Wildman–Crippen MR) is 121 cm³/mol. The van der Waals surface area contributed by atoms with E-state index in [4.69, 9.17) is 4.74 Å². The fraction of sp³-hybridized carbons (Fsp3) is 0.231. The van der Waals surface area contributed by atoms with E-state index in [0.717, 1.165) is 19.3 Å². The minimum atomic E-state index is -0.736. The topological polar surface area (TPSA) is 67.4 Å². The van der Waals surface area contributed by atoms with Crippen molar-refractivity contribution < 1.29 is 14.3 Å². The van der Waals surface area contributed by atoms with Gasteiger partial charge in [0, 0.05) is 5.69 Å². The summed E-state index contributed by atoms with van der Waals surface area (Å²) < 4.78 is 5.92. The molecule has 0 heterocycles. The molecule has 0 saturated heterocycles. The molecule has 4 rings (SSSR count). The van der Waals surface area contributed by atoms with Gasteiger partial charge in [-0.3, -0.25) is 9.59 Å². The largest absolute Gasteiger partial charge is 0.480 e. The van der Waals surface area contributed by atoms with Crippen molar-refractivity contribution in [2.45, 2.75) is 38.3 Å².